The molecule has 0 aliphatic rings. The van der Waals surface area contributed by atoms with Crippen molar-refractivity contribution >= 4 is 21.7 Å². The number of carboxylic acid groups (broad SMARTS) is 1. The molecule has 19 heavy (non-hydrogen) atoms. The second-order valence-corrected chi connectivity index (χ2v) is 6.09. The van der Waals surface area contributed by atoms with Gasteiger partial charge in [-0.3, -0.25) is 4.31 Å². The topological polar surface area (TPSA) is 83.9 Å². The van der Waals surface area contributed by atoms with Crippen molar-refractivity contribution in [2.45, 2.75) is 19.4 Å². The summed E-state index contributed by atoms with van der Waals surface area (Å²) in [5, 5.41) is 8.87. The van der Waals surface area contributed by atoms with Crippen LogP contribution in [0, 0.1) is 0 Å². The van der Waals surface area contributed by atoms with Crippen molar-refractivity contribution in [1.82, 2.24) is 0 Å². The van der Waals surface area contributed by atoms with Crippen molar-refractivity contribution in [2.75, 3.05) is 17.6 Å². The van der Waals surface area contributed by atoms with Gasteiger partial charge in [0.15, 0.2) is 6.10 Å². The zero-order valence-corrected chi connectivity index (χ0v) is 11.8. The van der Waals surface area contributed by atoms with Gasteiger partial charge in [0.1, 0.15) is 5.75 Å². The second kappa shape index (κ2) is 5.92. The summed E-state index contributed by atoms with van der Waals surface area (Å²) in [7, 11) is -1.87. The van der Waals surface area contributed by atoms with Crippen molar-refractivity contribution in [3.8, 4) is 5.75 Å². The Morgan fingerprint density at radius 3 is 2.26 bits per heavy atom. The van der Waals surface area contributed by atoms with E-state index in [1.54, 1.807) is 31.2 Å². The van der Waals surface area contributed by atoms with Crippen LogP contribution in [0.3, 0.4) is 0 Å². The molecule has 1 aromatic carbocycles. The summed E-state index contributed by atoms with van der Waals surface area (Å²) in [6.07, 6.45) is 0.549. The molecule has 0 aliphatic heterocycles. The van der Waals surface area contributed by atoms with Gasteiger partial charge in [-0.25, -0.2) is 13.2 Å². The standard InChI is InChI=1S/C12H17NO5S/c1-4-11(12(14)15)18-10-7-5-9(6-8-10)13(2)19(3,16)17/h5-8,11H,4H2,1-3H3,(H,14,15). The average molecular weight is 287 g/mol. The Morgan fingerprint density at radius 1 is 1.37 bits per heavy atom. The van der Waals surface area contributed by atoms with Crippen molar-refractivity contribution in [3.63, 3.8) is 0 Å². The number of benzene rings is 1. The molecule has 0 aromatic heterocycles. The Hall–Kier alpha value is -1.76. The minimum Gasteiger partial charge on any atom is -0.479 e. The predicted octanol–water partition coefficient (Wildman–Crippen LogP) is 1.32. The maximum atomic E-state index is 11.3. The first-order valence-electron chi connectivity index (χ1n) is 5.69. The number of carbonyl (C=O) groups is 1. The summed E-state index contributed by atoms with van der Waals surface area (Å²) in [6.45, 7) is 1.71. The van der Waals surface area contributed by atoms with E-state index in [1.165, 1.54) is 7.05 Å². The molecule has 0 radical (unpaired) electrons. The van der Waals surface area contributed by atoms with Gasteiger partial charge in [-0.05, 0) is 30.7 Å². The number of hydrogen-bond acceptors (Lipinski definition) is 4. The third-order valence-electron chi connectivity index (χ3n) is 2.62. The van der Waals surface area contributed by atoms with Crippen molar-refractivity contribution in [3.05, 3.63) is 24.3 Å². The first kappa shape index (κ1) is 15.3. The van der Waals surface area contributed by atoms with Crippen molar-refractivity contribution in [2.24, 2.45) is 0 Å². The average Bonchev–Trinajstić information content (AvgIpc) is 2.34. The van der Waals surface area contributed by atoms with Crippen LogP contribution in [0.25, 0.3) is 0 Å². The highest BCUT2D eigenvalue weighted by Crippen LogP contribution is 2.21. The lowest BCUT2D eigenvalue weighted by molar-refractivity contribution is -0.145. The van der Waals surface area contributed by atoms with Gasteiger partial charge in [0, 0.05) is 7.05 Å². The van der Waals surface area contributed by atoms with Gasteiger partial charge in [-0.1, -0.05) is 6.92 Å². The molecule has 0 heterocycles. The van der Waals surface area contributed by atoms with Crippen LogP contribution in [0.2, 0.25) is 0 Å². The van der Waals surface area contributed by atoms with Crippen molar-refractivity contribution < 1.29 is 23.1 Å². The fraction of sp³-hybridized carbons (Fsp3) is 0.417. The number of aliphatic carboxylic acids is 1. The van der Waals surface area contributed by atoms with Crippen LogP contribution in [0.1, 0.15) is 13.3 Å². The number of nitrogens with zero attached hydrogens (tertiary/aromatic N) is 1. The first-order valence-corrected chi connectivity index (χ1v) is 7.54. The lowest BCUT2D eigenvalue weighted by Crippen LogP contribution is -2.26. The number of ether oxygens (including phenoxy) is 1. The van der Waals surface area contributed by atoms with E-state index in [-0.39, 0.29) is 0 Å². The van der Waals surface area contributed by atoms with Gasteiger partial charge < -0.3 is 9.84 Å². The zero-order chi connectivity index (χ0) is 14.6. The van der Waals surface area contributed by atoms with Crippen LogP contribution in [0.4, 0.5) is 5.69 Å². The Kier molecular flexibility index (Phi) is 4.77. The zero-order valence-electron chi connectivity index (χ0n) is 11.0. The molecule has 1 rings (SSSR count). The molecular weight excluding hydrogens is 270 g/mol. The van der Waals surface area contributed by atoms with E-state index in [1.807, 2.05) is 0 Å². The monoisotopic (exact) mass is 287 g/mol. The van der Waals surface area contributed by atoms with Crippen LogP contribution in [-0.2, 0) is 14.8 Å². The molecule has 7 heteroatoms. The SMILES string of the molecule is CCC(Oc1ccc(N(C)S(C)(=O)=O)cc1)C(=O)O. The molecule has 0 fully saturated rings. The summed E-state index contributed by atoms with van der Waals surface area (Å²) >= 11 is 0. The van der Waals surface area contributed by atoms with Gasteiger partial charge in [0.2, 0.25) is 10.0 Å². The lowest BCUT2D eigenvalue weighted by Gasteiger charge is -2.18. The van der Waals surface area contributed by atoms with Crippen molar-refractivity contribution in [1.29, 1.82) is 0 Å². The molecule has 1 atom stereocenters. The van der Waals surface area contributed by atoms with E-state index < -0.39 is 22.1 Å². The molecule has 0 spiro atoms. The molecule has 6 nitrogen and oxygen atoms in total. The van der Waals surface area contributed by atoms with Crippen LogP contribution in [0.15, 0.2) is 24.3 Å². The molecule has 1 unspecified atom stereocenters. The molecule has 0 saturated heterocycles. The number of hydrogen-bond donors (Lipinski definition) is 1. The molecule has 1 N–H and O–H groups in total. The van der Waals surface area contributed by atoms with Crippen LogP contribution in [0.5, 0.6) is 5.75 Å². The highest BCUT2D eigenvalue weighted by atomic mass is 32.2. The van der Waals surface area contributed by atoms with E-state index in [0.717, 1.165) is 10.6 Å². The van der Waals surface area contributed by atoms with Gasteiger partial charge in [0.25, 0.3) is 0 Å². The van der Waals surface area contributed by atoms with Crippen LogP contribution in [-0.4, -0.2) is 38.9 Å². The Bertz CT molecular complexity index is 538. The van der Waals surface area contributed by atoms with E-state index in [2.05, 4.69) is 0 Å². The quantitative estimate of drug-likeness (QED) is 0.853. The third-order valence-corrected chi connectivity index (χ3v) is 3.83. The van der Waals surface area contributed by atoms with Gasteiger partial charge in [0.05, 0.1) is 11.9 Å². The number of rotatable bonds is 6. The fourth-order valence-corrected chi connectivity index (χ4v) is 1.90. The third kappa shape index (κ3) is 4.13. The normalized spacial score (nSPS) is 12.8. The Balaban J connectivity index is 2.85. The summed E-state index contributed by atoms with van der Waals surface area (Å²) in [6, 6.07) is 6.21. The van der Waals surface area contributed by atoms with Gasteiger partial charge >= 0.3 is 5.97 Å². The predicted molar refractivity (Wildman–Crippen MR) is 72.0 cm³/mol. The molecule has 106 valence electrons. The minimum atomic E-state index is -3.31. The van der Waals surface area contributed by atoms with Gasteiger partial charge in [-0.15, -0.1) is 0 Å². The summed E-state index contributed by atoms with van der Waals surface area (Å²) in [4.78, 5) is 10.8. The first-order chi connectivity index (χ1) is 8.75. The smallest absolute Gasteiger partial charge is 0.344 e. The summed E-state index contributed by atoms with van der Waals surface area (Å²) in [5.74, 6) is -0.639. The lowest BCUT2D eigenvalue weighted by atomic mass is 10.2. The molecule has 0 aliphatic carbocycles. The van der Waals surface area contributed by atoms with Gasteiger partial charge in [-0.2, -0.15) is 0 Å². The van der Waals surface area contributed by atoms with E-state index in [4.69, 9.17) is 9.84 Å². The largest absolute Gasteiger partial charge is 0.479 e. The van der Waals surface area contributed by atoms with Crippen LogP contribution < -0.4 is 9.04 Å². The highest BCUT2D eigenvalue weighted by Gasteiger charge is 2.17. The maximum Gasteiger partial charge on any atom is 0.344 e. The van der Waals surface area contributed by atoms with Crippen LogP contribution >= 0.6 is 0 Å². The molecule has 1 aromatic rings. The maximum absolute atomic E-state index is 11.3. The number of anilines is 1. The second-order valence-electron chi connectivity index (χ2n) is 4.08. The molecule has 0 bridgehead atoms. The number of sulfonamides is 1. The molecule has 0 saturated carbocycles. The molecular formula is C12H17NO5S. The summed E-state index contributed by atoms with van der Waals surface area (Å²) < 4.78 is 29.1. The van der Waals surface area contributed by atoms with E-state index in [0.29, 0.717) is 17.9 Å². The number of carboxylic acids is 1. The highest BCUT2D eigenvalue weighted by molar-refractivity contribution is 7.92. The van der Waals surface area contributed by atoms with E-state index in [9.17, 15) is 13.2 Å². The van der Waals surface area contributed by atoms with E-state index >= 15 is 0 Å². The molecule has 0 amide bonds. The summed E-state index contributed by atoms with van der Waals surface area (Å²) in [5.41, 5.74) is 0.484. The Labute approximate surface area is 112 Å². The fourth-order valence-electron chi connectivity index (χ4n) is 1.40. The minimum absolute atomic E-state index is 0.348. The Morgan fingerprint density at radius 2 is 1.89 bits per heavy atom.